The highest BCUT2D eigenvalue weighted by atomic mass is 16.6. The molecule has 2 aliphatic heterocycles. The van der Waals surface area contributed by atoms with Gasteiger partial charge in [0.25, 0.3) is 0 Å². The van der Waals surface area contributed by atoms with E-state index >= 15 is 0 Å². The van der Waals surface area contributed by atoms with Crippen LogP contribution in [-0.2, 0) is 9.47 Å². The molecule has 1 aliphatic carbocycles. The van der Waals surface area contributed by atoms with E-state index in [9.17, 15) is 5.11 Å². The van der Waals surface area contributed by atoms with Gasteiger partial charge in [-0.1, -0.05) is 24.6 Å². The molecular formula is C20H32O3. The van der Waals surface area contributed by atoms with Crippen molar-refractivity contribution in [1.82, 2.24) is 0 Å². The minimum absolute atomic E-state index is 0.0688. The minimum Gasteiger partial charge on any atom is -0.367 e. The van der Waals surface area contributed by atoms with Crippen LogP contribution in [0.5, 0.6) is 0 Å². The molecule has 0 aromatic carbocycles. The van der Waals surface area contributed by atoms with E-state index in [-0.39, 0.29) is 11.5 Å². The van der Waals surface area contributed by atoms with Crippen LogP contribution >= 0.6 is 0 Å². The summed E-state index contributed by atoms with van der Waals surface area (Å²) in [4.78, 5) is 0. The van der Waals surface area contributed by atoms with Crippen molar-refractivity contribution in [1.29, 1.82) is 0 Å². The second kappa shape index (κ2) is 6.70. The summed E-state index contributed by atoms with van der Waals surface area (Å²) in [6.07, 6.45) is 9.84. The summed E-state index contributed by atoms with van der Waals surface area (Å²) in [7, 11) is 0. The Morgan fingerprint density at radius 3 is 3.00 bits per heavy atom. The van der Waals surface area contributed by atoms with Crippen molar-refractivity contribution in [3.8, 4) is 0 Å². The van der Waals surface area contributed by atoms with E-state index in [2.05, 4.69) is 39.8 Å². The molecule has 2 heterocycles. The summed E-state index contributed by atoms with van der Waals surface area (Å²) in [6, 6.07) is 0. The number of epoxide rings is 1. The lowest BCUT2D eigenvalue weighted by molar-refractivity contribution is -0.0981. The maximum atomic E-state index is 10.4. The molecule has 0 saturated carbocycles. The molecule has 130 valence electrons. The van der Waals surface area contributed by atoms with Crippen molar-refractivity contribution >= 4 is 0 Å². The summed E-state index contributed by atoms with van der Waals surface area (Å²) < 4.78 is 11.5. The molecule has 3 heteroatoms. The summed E-state index contributed by atoms with van der Waals surface area (Å²) in [5, 5.41) is 10.4. The Morgan fingerprint density at radius 2 is 2.26 bits per heavy atom. The van der Waals surface area contributed by atoms with Gasteiger partial charge in [0.2, 0.25) is 0 Å². The molecule has 3 nitrogen and oxygen atoms in total. The predicted molar refractivity (Wildman–Crippen MR) is 92.0 cm³/mol. The maximum absolute atomic E-state index is 10.4. The topological polar surface area (TPSA) is 42.0 Å². The van der Waals surface area contributed by atoms with Crippen LogP contribution in [0.2, 0.25) is 0 Å². The number of hydrogen-bond acceptors (Lipinski definition) is 3. The molecule has 0 amide bonds. The third-order valence-electron chi connectivity index (χ3n) is 6.13. The summed E-state index contributed by atoms with van der Waals surface area (Å²) in [5.74, 6) is 1.23. The number of aliphatic hydroxyl groups excluding tert-OH is 1. The third-order valence-corrected chi connectivity index (χ3v) is 6.13. The van der Waals surface area contributed by atoms with E-state index in [0.717, 1.165) is 25.7 Å². The molecule has 2 fully saturated rings. The van der Waals surface area contributed by atoms with Crippen LogP contribution in [0, 0.1) is 17.8 Å². The van der Waals surface area contributed by atoms with Crippen molar-refractivity contribution in [3.63, 3.8) is 0 Å². The van der Waals surface area contributed by atoms with E-state index in [4.69, 9.17) is 9.47 Å². The monoisotopic (exact) mass is 320 g/mol. The van der Waals surface area contributed by atoms with Crippen molar-refractivity contribution in [2.24, 2.45) is 17.8 Å². The second-order valence-corrected chi connectivity index (χ2v) is 8.20. The van der Waals surface area contributed by atoms with E-state index in [0.29, 0.717) is 24.5 Å². The Morgan fingerprint density at radius 1 is 1.48 bits per heavy atom. The number of rotatable bonds is 4. The molecule has 3 rings (SSSR count). The first-order valence-corrected chi connectivity index (χ1v) is 9.20. The fraction of sp³-hybridized carbons (Fsp3) is 0.800. The highest BCUT2D eigenvalue weighted by Crippen LogP contribution is 2.49. The summed E-state index contributed by atoms with van der Waals surface area (Å²) in [6.45, 7) is 9.50. The first-order chi connectivity index (χ1) is 10.9. The highest BCUT2D eigenvalue weighted by Gasteiger charge is 2.53. The van der Waals surface area contributed by atoms with Gasteiger partial charge in [0.1, 0.15) is 0 Å². The maximum Gasteiger partial charge on any atom is 0.161 e. The molecule has 0 bridgehead atoms. The Hall–Kier alpha value is -0.640. The molecule has 0 radical (unpaired) electrons. The van der Waals surface area contributed by atoms with Gasteiger partial charge in [-0.3, -0.25) is 0 Å². The molecule has 0 aromatic heterocycles. The van der Waals surface area contributed by atoms with Gasteiger partial charge in [-0.05, 0) is 70.3 Å². The van der Waals surface area contributed by atoms with Gasteiger partial charge in [0.05, 0.1) is 18.3 Å². The van der Waals surface area contributed by atoms with Gasteiger partial charge >= 0.3 is 0 Å². The van der Waals surface area contributed by atoms with Crippen LogP contribution in [0.15, 0.2) is 23.3 Å². The molecule has 0 spiro atoms. The van der Waals surface area contributed by atoms with E-state index in [1.807, 2.05) is 0 Å². The number of ether oxygens (including phenoxy) is 2. The Bertz CT molecular complexity index is 491. The summed E-state index contributed by atoms with van der Waals surface area (Å²) in [5.41, 5.74) is 2.76. The van der Waals surface area contributed by atoms with Crippen molar-refractivity contribution in [2.45, 2.75) is 77.8 Å². The lowest BCUT2D eigenvalue weighted by atomic mass is 9.74. The van der Waals surface area contributed by atoms with Crippen molar-refractivity contribution in [2.75, 3.05) is 6.61 Å². The quantitative estimate of drug-likeness (QED) is 0.623. The largest absolute Gasteiger partial charge is 0.367 e. The van der Waals surface area contributed by atoms with Crippen LogP contribution in [0.25, 0.3) is 0 Å². The van der Waals surface area contributed by atoms with Gasteiger partial charge in [0.15, 0.2) is 6.29 Å². The number of hydrogen-bond donors (Lipinski definition) is 1. The number of aliphatic hydroxyl groups is 1. The smallest absolute Gasteiger partial charge is 0.161 e. The fourth-order valence-corrected chi connectivity index (χ4v) is 4.43. The second-order valence-electron chi connectivity index (χ2n) is 8.20. The zero-order chi connectivity index (χ0) is 16.6. The molecular weight excluding hydrogens is 288 g/mol. The predicted octanol–water partition coefficient (Wildman–Crippen LogP) is 4.22. The van der Waals surface area contributed by atoms with Gasteiger partial charge in [-0.2, -0.15) is 0 Å². The zero-order valence-electron chi connectivity index (χ0n) is 15.0. The number of allylic oxidation sites excluding steroid dienone is 2. The average molecular weight is 320 g/mol. The van der Waals surface area contributed by atoms with Gasteiger partial charge in [-0.25, -0.2) is 0 Å². The molecule has 2 saturated heterocycles. The fourth-order valence-electron chi connectivity index (χ4n) is 4.43. The Kier molecular flexibility index (Phi) is 5.01. The van der Waals surface area contributed by atoms with Crippen LogP contribution < -0.4 is 0 Å². The van der Waals surface area contributed by atoms with E-state index in [1.54, 1.807) is 0 Å². The Balaban J connectivity index is 1.75. The standard InChI is InChI=1S/C20H32O3/c1-13(2)6-5-7-14(3)16-10-11-20(4)17(23-20)9-8-15-12-22-19(21)18(15)16/h6,8,14,16-19,21H,5,7,9-12H2,1-4H3/b15-8-/t14-,16+,17+,18?,19+,20?/m1/s1. The lowest BCUT2D eigenvalue weighted by Crippen LogP contribution is -2.30. The van der Waals surface area contributed by atoms with Crippen LogP contribution in [0.1, 0.15) is 59.8 Å². The van der Waals surface area contributed by atoms with E-state index < -0.39 is 6.29 Å². The first kappa shape index (κ1) is 17.2. The molecule has 6 atom stereocenters. The first-order valence-electron chi connectivity index (χ1n) is 9.20. The van der Waals surface area contributed by atoms with Gasteiger partial charge in [0, 0.05) is 5.92 Å². The minimum atomic E-state index is -0.625. The third kappa shape index (κ3) is 3.72. The highest BCUT2D eigenvalue weighted by molar-refractivity contribution is 5.18. The Labute approximate surface area is 140 Å². The zero-order valence-corrected chi connectivity index (χ0v) is 15.0. The van der Waals surface area contributed by atoms with Gasteiger partial charge < -0.3 is 14.6 Å². The SMILES string of the molecule is CC(C)=CCC[C@@H](C)[C@@H]1CCC2(C)O[C@H]2C/C=C2/CO[C@H](O)C21. The molecule has 23 heavy (non-hydrogen) atoms. The van der Waals surface area contributed by atoms with Crippen LogP contribution in [0.4, 0.5) is 0 Å². The molecule has 2 unspecified atom stereocenters. The number of fused-ring (bicyclic) bond motifs is 2. The van der Waals surface area contributed by atoms with Gasteiger partial charge in [-0.15, -0.1) is 0 Å². The summed E-state index contributed by atoms with van der Waals surface area (Å²) >= 11 is 0. The molecule has 0 aromatic rings. The van der Waals surface area contributed by atoms with Crippen molar-refractivity contribution in [3.05, 3.63) is 23.3 Å². The van der Waals surface area contributed by atoms with Crippen LogP contribution in [-0.4, -0.2) is 29.7 Å². The average Bonchev–Trinajstić information content (AvgIpc) is 2.97. The molecule has 3 aliphatic rings. The lowest BCUT2D eigenvalue weighted by Gasteiger charge is -2.31. The normalized spacial score (nSPS) is 43.1. The molecule has 1 N–H and O–H groups in total. The van der Waals surface area contributed by atoms with Crippen LogP contribution in [0.3, 0.4) is 0 Å². The van der Waals surface area contributed by atoms with E-state index in [1.165, 1.54) is 17.6 Å². The van der Waals surface area contributed by atoms with Crippen molar-refractivity contribution < 1.29 is 14.6 Å².